The van der Waals surface area contributed by atoms with Gasteiger partial charge in [-0.25, -0.2) is 14.3 Å². The fourth-order valence-electron chi connectivity index (χ4n) is 2.22. The minimum atomic E-state index is -1.29. The molecular weight excluding hydrogens is 258 g/mol. The van der Waals surface area contributed by atoms with Gasteiger partial charge >= 0.3 is 5.97 Å². The molecule has 0 atom stereocenters. The van der Waals surface area contributed by atoms with Crippen molar-refractivity contribution >= 4 is 11.6 Å². The fourth-order valence-corrected chi connectivity index (χ4v) is 2.22. The van der Waals surface area contributed by atoms with Crippen LogP contribution in [0.3, 0.4) is 0 Å². The Labute approximate surface area is 113 Å². The SMILES string of the molecule is Cc1[nH]n2c(=O)c(C(=O)O)cnc2c1-c1ccccc1. The number of rotatable bonds is 2. The van der Waals surface area contributed by atoms with Crippen LogP contribution in [0.4, 0.5) is 0 Å². The largest absolute Gasteiger partial charge is 0.477 e. The van der Waals surface area contributed by atoms with Crippen LogP contribution in [0.25, 0.3) is 16.8 Å². The maximum Gasteiger partial charge on any atom is 0.343 e. The van der Waals surface area contributed by atoms with Crippen molar-refractivity contribution in [2.24, 2.45) is 0 Å². The Kier molecular flexibility index (Phi) is 2.64. The predicted octanol–water partition coefficient (Wildman–Crippen LogP) is 1.70. The maximum atomic E-state index is 12.1. The van der Waals surface area contributed by atoms with Crippen LogP contribution in [0.1, 0.15) is 16.1 Å². The van der Waals surface area contributed by atoms with E-state index in [1.165, 1.54) is 4.52 Å². The van der Waals surface area contributed by atoms with Crippen LogP contribution in [-0.4, -0.2) is 25.7 Å². The number of nitrogens with zero attached hydrogens (tertiary/aromatic N) is 2. The molecule has 0 radical (unpaired) electrons. The number of hydrogen-bond donors (Lipinski definition) is 2. The number of fused-ring (bicyclic) bond motifs is 1. The van der Waals surface area contributed by atoms with Gasteiger partial charge in [-0.2, -0.15) is 0 Å². The number of carboxylic acids is 1. The number of aromatic nitrogens is 3. The summed E-state index contributed by atoms with van der Waals surface area (Å²) in [5.74, 6) is -1.29. The summed E-state index contributed by atoms with van der Waals surface area (Å²) in [7, 11) is 0. The van der Waals surface area contributed by atoms with Crippen LogP contribution < -0.4 is 5.56 Å². The molecule has 2 aromatic heterocycles. The zero-order chi connectivity index (χ0) is 14.3. The lowest BCUT2D eigenvalue weighted by molar-refractivity contribution is 0.0694. The maximum absolute atomic E-state index is 12.1. The van der Waals surface area contributed by atoms with Gasteiger partial charge < -0.3 is 5.11 Å². The molecule has 0 spiro atoms. The Bertz CT molecular complexity index is 862. The van der Waals surface area contributed by atoms with Crippen molar-refractivity contribution in [3.05, 3.63) is 58.1 Å². The van der Waals surface area contributed by atoms with Gasteiger partial charge in [0.05, 0.1) is 0 Å². The summed E-state index contributed by atoms with van der Waals surface area (Å²) in [5.41, 5.74) is 1.90. The number of hydrogen-bond acceptors (Lipinski definition) is 3. The van der Waals surface area contributed by atoms with E-state index in [2.05, 4.69) is 10.1 Å². The van der Waals surface area contributed by atoms with Gasteiger partial charge in [0.25, 0.3) is 5.56 Å². The first-order valence-corrected chi connectivity index (χ1v) is 5.98. The molecule has 2 heterocycles. The molecule has 2 N–H and O–H groups in total. The van der Waals surface area contributed by atoms with Crippen molar-refractivity contribution in [1.29, 1.82) is 0 Å². The van der Waals surface area contributed by atoms with Gasteiger partial charge in [0.1, 0.15) is 5.56 Å². The van der Waals surface area contributed by atoms with E-state index >= 15 is 0 Å². The number of benzene rings is 1. The molecule has 100 valence electrons. The van der Waals surface area contributed by atoms with Crippen LogP contribution in [0.2, 0.25) is 0 Å². The highest BCUT2D eigenvalue weighted by Crippen LogP contribution is 2.25. The van der Waals surface area contributed by atoms with Crippen LogP contribution in [-0.2, 0) is 0 Å². The van der Waals surface area contributed by atoms with E-state index < -0.39 is 11.5 Å². The van der Waals surface area contributed by atoms with Gasteiger partial charge in [-0.05, 0) is 12.5 Å². The second-order valence-electron chi connectivity index (χ2n) is 4.42. The number of H-pyrrole nitrogens is 1. The topological polar surface area (TPSA) is 87.5 Å². The minimum absolute atomic E-state index is 0.358. The molecule has 6 nitrogen and oxygen atoms in total. The zero-order valence-electron chi connectivity index (χ0n) is 10.6. The zero-order valence-corrected chi connectivity index (χ0v) is 10.6. The Balaban J connectivity index is 2.37. The molecule has 20 heavy (non-hydrogen) atoms. The summed E-state index contributed by atoms with van der Waals surface area (Å²) >= 11 is 0. The van der Waals surface area contributed by atoms with Crippen LogP contribution in [0, 0.1) is 6.92 Å². The molecule has 0 aliphatic carbocycles. The van der Waals surface area contributed by atoms with Crippen molar-refractivity contribution in [1.82, 2.24) is 14.6 Å². The van der Waals surface area contributed by atoms with Crippen molar-refractivity contribution < 1.29 is 9.90 Å². The standard InChI is InChI=1S/C14H11N3O3/c1-8-11(9-5-3-2-4-6-9)12-15-7-10(14(19)20)13(18)17(12)16-8/h2-7,16H,1H3,(H,19,20). The first-order chi connectivity index (χ1) is 9.59. The normalized spacial score (nSPS) is 10.8. The lowest BCUT2D eigenvalue weighted by atomic mass is 10.1. The van der Waals surface area contributed by atoms with Gasteiger partial charge in [-0.1, -0.05) is 30.3 Å². The predicted molar refractivity (Wildman–Crippen MR) is 72.9 cm³/mol. The minimum Gasteiger partial charge on any atom is -0.477 e. The molecule has 0 amide bonds. The average Bonchev–Trinajstić information content (AvgIpc) is 2.77. The summed E-state index contributed by atoms with van der Waals surface area (Å²) in [5, 5.41) is 11.8. The van der Waals surface area contributed by atoms with Gasteiger partial charge in [-0.15, -0.1) is 0 Å². The van der Waals surface area contributed by atoms with Gasteiger partial charge in [0.2, 0.25) is 0 Å². The van der Waals surface area contributed by atoms with E-state index in [-0.39, 0.29) is 5.56 Å². The second kappa shape index (κ2) is 4.34. The summed E-state index contributed by atoms with van der Waals surface area (Å²) in [6.07, 6.45) is 1.10. The third-order valence-electron chi connectivity index (χ3n) is 3.13. The molecule has 0 aliphatic heterocycles. The highest BCUT2D eigenvalue weighted by molar-refractivity contribution is 5.88. The number of aromatic amines is 1. The molecule has 0 bridgehead atoms. The van der Waals surface area contributed by atoms with E-state index in [4.69, 9.17) is 5.11 Å². The molecule has 0 fully saturated rings. The number of carbonyl (C=O) groups is 1. The van der Waals surface area contributed by atoms with E-state index in [1.54, 1.807) is 0 Å². The molecule has 0 saturated heterocycles. The molecule has 3 rings (SSSR count). The summed E-state index contributed by atoms with van der Waals surface area (Å²) in [4.78, 5) is 27.1. The van der Waals surface area contributed by atoms with Crippen molar-refractivity contribution in [2.75, 3.05) is 0 Å². The van der Waals surface area contributed by atoms with Crippen molar-refractivity contribution in [3.63, 3.8) is 0 Å². The van der Waals surface area contributed by atoms with E-state index in [0.717, 1.165) is 23.0 Å². The molecule has 0 unspecified atom stereocenters. The van der Waals surface area contributed by atoms with Gasteiger partial charge in [-0.3, -0.25) is 9.89 Å². The Morgan fingerprint density at radius 3 is 2.65 bits per heavy atom. The first kappa shape index (κ1) is 12.2. The molecule has 0 saturated carbocycles. The van der Waals surface area contributed by atoms with Gasteiger partial charge in [0, 0.05) is 17.5 Å². The van der Waals surface area contributed by atoms with E-state index in [9.17, 15) is 9.59 Å². The fraction of sp³-hybridized carbons (Fsp3) is 0.0714. The monoisotopic (exact) mass is 269 g/mol. The lowest BCUT2D eigenvalue weighted by Crippen LogP contribution is -2.22. The highest BCUT2D eigenvalue weighted by atomic mass is 16.4. The Morgan fingerprint density at radius 1 is 1.30 bits per heavy atom. The van der Waals surface area contributed by atoms with Crippen LogP contribution in [0.5, 0.6) is 0 Å². The Morgan fingerprint density at radius 2 is 2.00 bits per heavy atom. The van der Waals surface area contributed by atoms with Crippen molar-refractivity contribution in [2.45, 2.75) is 6.92 Å². The third-order valence-corrected chi connectivity index (χ3v) is 3.13. The Hall–Kier alpha value is -2.89. The second-order valence-corrected chi connectivity index (χ2v) is 4.42. The number of aromatic carboxylic acids is 1. The van der Waals surface area contributed by atoms with Gasteiger partial charge in [0.15, 0.2) is 5.65 Å². The smallest absolute Gasteiger partial charge is 0.343 e. The van der Waals surface area contributed by atoms with Crippen molar-refractivity contribution in [3.8, 4) is 11.1 Å². The third kappa shape index (κ3) is 1.70. The highest BCUT2D eigenvalue weighted by Gasteiger charge is 2.17. The summed E-state index contributed by atoms with van der Waals surface area (Å²) in [6, 6.07) is 9.50. The molecule has 0 aliphatic rings. The number of carboxylic acid groups (broad SMARTS) is 1. The van der Waals surface area contributed by atoms with E-state index in [0.29, 0.717) is 5.65 Å². The average molecular weight is 269 g/mol. The summed E-state index contributed by atoms with van der Waals surface area (Å²) in [6.45, 7) is 1.82. The molecular formula is C14H11N3O3. The molecule has 3 aromatic rings. The quantitative estimate of drug-likeness (QED) is 0.741. The first-order valence-electron chi connectivity index (χ1n) is 5.98. The number of nitrogens with one attached hydrogen (secondary N) is 1. The van der Waals surface area contributed by atoms with Crippen LogP contribution in [0.15, 0.2) is 41.3 Å². The summed E-state index contributed by atoms with van der Waals surface area (Å²) < 4.78 is 1.17. The lowest BCUT2D eigenvalue weighted by Gasteiger charge is -2.00. The number of aryl methyl sites for hydroxylation is 1. The molecule has 1 aromatic carbocycles. The molecule has 6 heteroatoms. The van der Waals surface area contributed by atoms with Crippen LogP contribution >= 0.6 is 0 Å². The van der Waals surface area contributed by atoms with E-state index in [1.807, 2.05) is 37.3 Å².